The summed E-state index contributed by atoms with van der Waals surface area (Å²) in [6, 6.07) is -0.0274. The molecular formula is C33H55N7O10S. The molecule has 4 fully saturated rings. The number of fused-ring (bicyclic) bond motifs is 1. The topological polar surface area (TPSA) is 232 Å². The first-order valence-electron chi connectivity index (χ1n) is 18.1. The summed E-state index contributed by atoms with van der Waals surface area (Å²) in [5.41, 5.74) is 0. The molecule has 4 atom stereocenters. The number of rotatable bonds is 16. The molecule has 4 aliphatic rings. The summed E-state index contributed by atoms with van der Waals surface area (Å²) in [7, 11) is 0. The van der Waals surface area contributed by atoms with Crippen LogP contribution in [-0.2, 0) is 24.0 Å². The standard InChI is InChI=1S/C33H55N7O10S/c41-27(4-2-1-3-26-32-25(21-51-26)35-33(50)36-32)34-23-7-5-22(6-8-23)15-24-16-39(19-30(46)47)12-11-37(17-28(42)43)9-10-38(18-29(44)45)13-14-40(24)20-31(48)49/h22-26,32H,1-21H2,(H,34,41)(H,42,43)(H,44,45)(H,46,47)(H,48,49)(H2,35,36,50). The molecule has 0 radical (unpaired) electrons. The molecule has 1 saturated carbocycles. The van der Waals surface area contributed by atoms with Crippen molar-refractivity contribution in [3.63, 3.8) is 0 Å². The second-order valence-corrected chi connectivity index (χ2v) is 15.6. The van der Waals surface area contributed by atoms with Crippen LogP contribution < -0.4 is 16.0 Å². The first-order chi connectivity index (χ1) is 24.3. The Morgan fingerprint density at radius 3 is 1.90 bits per heavy atom. The molecule has 0 spiro atoms. The van der Waals surface area contributed by atoms with Crippen molar-refractivity contribution in [2.45, 2.75) is 87.2 Å². The van der Waals surface area contributed by atoms with Crippen LogP contribution >= 0.6 is 11.8 Å². The first kappa shape index (κ1) is 40.6. The van der Waals surface area contributed by atoms with Gasteiger partial charge in [0.15, 0.2) is 0 Å². The number of carboxylic acids is 4. The fourth-order valence-corrected chi connectivity index (χ4v) is 9.43. The number of carboxylic acid groups (broad SMARTS) is 4. The summed E-state index contributed by atoms with van der Waals surface area (Å²) in [5.74, 6) is -2.98. The van der Waals surface area contributed by atoms with Crippen LogP contribution in [0.2, 0.25) is 0 Å². The predicted octanol–water partition coefficient (Wildman–Crippen LogP) is -0.294. The van der Waals surface area contributed by atoms with Crippen molar-refractivity contribution in [3.05, 3.63) is 0 Å². The molecular weight excluding hydrogens is 686 g/mol. The highest BCUT2D eigenvalue weighted by Crippen LogP contribution is 2.33. The number of carbonyl (C=O) groups excluding carboxylic acids is 2. The minimum Gasteiger partial charge on any atom is -0.480 e. The maximum Gasteiger partial charge on any atom is 0.317 e. The average molecular weight is 742 g/mol. The third-order valence-electron chi connectivity index (χ3n) is 10.5. The van der Waals surface area contributed by atoms with E-state index in [-0.39, 0.29) is 114 Å². The number of nitrogens with one attached hydrogen (secondary N) is 3. The largest absolute Gasteiger partial charge is 0.480 e. The number of urea groups is 1. The van der Waals surface area contributed by atoms with Gasteiger partial charge < -0.3 is 36.4 Å². The second kappa shape index (κ2) is 20.2. The Morgan fingerprint density at radius 2 is 1.29 bits per heavy atom. The highest BCUT2D eigenvalue weighted by atomic mass is 32.2. The van der Waals surface area contributed by atoms with Crippen molar-refractivity contribution in [3.8, 4) is 0 Å². The summed E-state index contributed by atoms with van der Waals surface area (Å²) in [6.45, 7) is 0.701. The van der Waals surface area contributed by atoms with Gasteiger partial charge >= 0.3 is 29.9 Å². The zero-order valence-electron chi connectivity index (χ0n) is 29.2. The van der Waals surface area contributed by atoms with Crippen molar-refractivity contribution in [1.82, 2.24) is 35.6 Å². The first-order valence-corrected chi connectivity index (χ1v) is 19.2. The van der Waals surface area contributed by atoms with E-state index in [0.717, 1.165) is 50.7 Å². The van der Waals surface area contributed by atoms with Crippen LogP contribution in [0.25, 0.3) is 0 Å². The number of nitrogens with zero attached hydrogens (tertiary/aromatic N) is 4. The van der Waals surface area contributed by atoms with Crippen LogP contribution in [0.4, 0.5) is 4.79 Å². The normalized spacial score (nSPS) is 28.8. The van der Waals surface area contributed by atoms with E-state index in [9.17, 15) is 49.2 Å². The van der Waals surface area contributed by atoms with Crippen LogP contribution in [0.15, 0.2) is 0 Å². The Balaban J connectivity index is 1.32. The molecule has 7 N–H and O–H groups in total. The lowest BCUT2D eigenvalue weighted by atomic mass is 9.81. The van der Waals surface area contributed by atoms with Gasteiger partial charge in [0.1, 0.15) is 0 Å². The van der Waals surface area contributed by atoms with Gasteiger partial charge in [-0.2, -0.15) is 11.8 Å². The summed E-state index contributed by atoms with van der Waals surface area (Å²) < 4.78 is 0. The molecule has 3 saturated heterocycles. The van der Waals surface area contributed by atoms with E-state index in [1.807, 2.05) is 16.7 Å². The number of amides is 3. The number of unbranched alkanes of at least 4 members (excludes halogenated alkanes) is 1. The molecule has 4 unspecified atom stereocenters. The Morgan fingerprint density at radius 1 is 0.725 bits per heavy atom. The fraction of sp³-hybridized carbons (Fsp3) is 0.818. The number of hydrogen-bond donors (Lipinski definition) is 7. The Hall–Kier alpha value is -3.19. The molecule has 17 nitrogen and oxygen atoms in total. The lowest BCUT2D eigenvalue weighted by Gasteiger charge is -2.40. The lowest BCUT2D eigenvalue weighted by Crippen LogP contribution is -2.53. The number of thioether (sulfide) groups is 1. The van der Waals surface area contributed by atoms with Crippen molar-refractivity contribution in [2.24, 2.45) is 5.92 Å². The van der Waals surface area contributed by atoms with E-state index in [2.05, 4.69) is 16.0 Å². The van der Waals surface area contributed by atoms with Gasteiger partial charge in [0.2, 0.25) is 5.91 Å². The smallest absolute Gasteiger partial charge is 0.317 e. The van der Waals surface area contributed by atoms with Gasteiger partial charge in [-0.05, 0) is 50.9 Å². The van der Waals surface area contributed by atoms with Gasteiger partial charge in [-0.3, -0.25) is 43.6 Å². The maximum absolute atomic E-state index is 12.8. The summed E-state index contributed by atoms with van der Waals surface area (Å²) in [4.78, 5) is 78.4. The summed E-state index contributed by atoms with van der Waals surface area (Å²) in [6.07, 6.45) is 6.91. The summed E-state index contributed by atoms with van der Waals surface area (Å²) >= 11 is 1.87. The Kier molecular flexibility index (Phi) is 16.0. The molecule has 0 bridgehead atoms. The SMILES string of the molecule is O=C(O)CN1CCN(CC(=O)O)CCN(CC(=O)O)C(CC2CCC(NC(=O)CCCCC3SCC4NC(=O)NC43)CC2)CN(CC(=O)O)CC1. The molecule has 3 aliphatic heterocycles. The minimum atomic E-state index is -1.04. The van der Waals surface area contributed by atoms with E-state index >= 15 is 0 Å². The van der Waals surface area contributed by atoms with Crippen molar-refractivity contribution < 1.29 is 49.2 Å². The van der Waals surface area contributed by atoms with Gasteiger partial charge in [-0.1, -0.05) is 6.42 Å². The van der Waals surface area contributed by atoms with E-state index in [1.165, 1.54) is 0 Å². The predicted molar refractivity (Wildman–Crippen MR) is 188 cm³/mol. The van der Waals surface area contributed by atoms with Gasteiger partial charge in [0.05, 0.1) is 38.3 Å². The van der Waals surface area contributed by atoms with Crippen LogP contribution in [0, 0.1) is 5.92 Å². The van der Waals surface area contributed by atoms with Crippen LogP contribution in [0.5, 0.6) is 0 Å². The molecule has 0 aromatic carbocycles. The number of hydrogen-bond acceptors (Lipinski definition) is 11. The molecule has 51 heavy (non-hydrogen) atoms. The monoisotopic (exact) mass is 741 g/mol. The van der Waals surface area contributed by atoms with E-state index in [1.54, 1.807) is 14.7 Å². The van der Waals surface area contributed by atoms with E-state index < -0.39 is 23.9 Å². The molecule has 1 aliphatic carbocycles. The van der Waals surface area contributed by atoms with Gasteiger partial charge in [-0.15, -0.1) is 0 Å². The van der Waals surface area contributed by atoms with E-state index in [4.69, 9.17) is 0 Å². The lowest BCUT2D eigenvalue weighted by molar-refractivity contribution is -0.142. The zero-order chi connectivity index (χ0) is 36.9. The van der Waals surface area contributed by atoms with E-state index in [0.29, 0.717) is 18.1 Å². The molecule has 18 heteroatoms. The highest BCUT2D eigenvalue weighted by molar-refractivity contribution is 8.00. The molecule has 288 valence electrons. The van der Waals surface area contributed by atoms with Crippen LogP contribution in [0.3, 0.4) is 0 Å². The second-order valence-electron chi connectivity index (χ2n) is 14.4. The fourth-order valence-electron chi connectivity index (χ4n) is 7.89. The Bertz CT molecular complexity index is 1220. The van der Waals surface area contributed by atoms with Gasteiger partial charge in [0.25, 0.3) is 0 Å². The Labute approximate surface area is 302 Å². The maximum atomic E-state index is 12.8. The average Bonchev–Trinajstić information content (AvgIpc) is 3.60. The third kappa shape index (κ3) is 14.0. The summed E-state index contributed by atoms with van der Waals surface area (Å²) in [5, 5.41) is 48.0. The van der Waals surface area contributed by atoms with Crippen LogP contribution in [0.1, 0.15) is 57.8 Å². The van der Waals surface area contributed by atoms with Crippen LogP contribution in [-0.4, -0.2) is 183 Å². The zero-order valence-corrected chi connectivity index (χ0v) is 30.1. The molecule has 3 amide bonds. The van der Waals surface area contributed by atoms with Crippen molar-refractivity contribution >= 4 is 47.6 Å². The molecule has 3 heterocycles. The number of aliphatic carboxylic acids is 4. The third-order valence-corrected chi connectivity index (χ3v) is 12.0. The molecule has 4 rings (SSSR count). The molecule has 0 aromatic heterocycles. The molecule has 0 aromatic rings. The number of carbonyl (C=O) groups is 6. The van der Waals surface area contributed by atoms with Crippen molar-refractivity contribution in [1.29, 1.82) is 0 Å². The van der Waals surface area contributed by atoms with Crippen molar-refractivity contribution in [2.75, 3.05) is 77.7 Å². The minimum absolute atomic E-state index is 0.0327. The highest BCUT2D eigenvalue weighted by Gasteiger charge is 2.42. The van der Waals surface area contributed by atoms with Gasteiger partial charge in [0, 0.05) is 75.3 Å². The quantitative estimate of drug-likeness (QED) is 0.0796. The van der Waals surface area contributed by atoms with Gasteiger partial charge in [-0.25, -0.2) is 4.79 Å².